The first-order valence-electron chi connectivity index (χ1n) is 11.6. The Hall–Kier alpha value is -1.99. The van der Waals surface area contributed by atoms with Gasteiger partial charge in [0, 0.05) is 25.6 Å². The van der Waals surface area contributed by atoms with Crippen molar-refractivity contribution in [3.63, 3.8) is 0 Å². The third-order valence-electron chi connectivity index (χ3n) is 7.26. The molecule has 0 aromatic carbocycles. The summed E-state index contributed by atoms with van der Waals surface area (Å²) in [6, 6.07) is 1.55. The summed E-state index contributed by atoms with van der Waals surface area (Å²) in [5, 5.41) is 20.0. The fraction of sp³-hybridized carbons (Fsp3) is 0.864. The van der Waals surface area contributed by atoms with Crippen molar-refractivity contribution in [2.24, 2.45) is 11.1 Å². The lowest BCUT2D eigenvalue weighted by atomic mass is 9.71. The number of likely N-dealkylation sites (tertiary alicyclic amines) is 2. The van der Waals surface area contributed by atoms with Crippen molar-refractivity contribution in [2.75, 3.05) is 26.2 Å². The Kier molecular flexibility index (Phi) is 7.30. The number of nitrogens with zero attached hydrogens (tertiary/aromatic N) is 3. The zero-order valence-corrected chi connectivity index (χ0v) is 18.8. The van der Waals surface area contributed by atoms with E-state index in [1.54, 1.807) is 4.90 Å². The van der Waals surface area contributed by atoms with Gasteiger partial charge in [0.15, 0.2) is 0 Å². The first kappa shape index (κ1) is 24.6. The molecule has 2 amide bonds. The lowest BCUT2D eigenvalue weighted by Crippen LogP contribution is -2.48. The molecule has 0 aromatic heterocycles. The van der Waals surface area contributed by atoms with Crippen molar-refractivity contribution in [1.29, 1.82) is 5.26 Å². The van der Waals surface area contributed by atoms with E-state index in [0.29, 0.717) is 25.2 Å². The van der Waals surface area contributed by atoms with Crippen LogP contribution in [0.4, 0.5) is 13.6 Å². The van der Waals surface area contributed by atoms with Crippen LogP contribution in [0.3, 0.4) is 0 Å². The average Bonchev–Trinajstić information content (AvgIpc) is 3.64. The SMILES string of the molecule is CC(F)(F)C[C@H](N)C(=O)NC1(C#N)CC1.O=C(O)N1CCC2(CC1)CCN(C1CC1)CC2. The Morgan fingerprint density at radius 1 is 1.16 bits per heavy atom. The number of carbonyl (C=O) groups is 2. The number of halogens is 2. The van der Waals surface area contributed by atoms with Crippen molar-refractivity contribution in [2.45, 2.75) is 88.3 Å². The van der Waals surface area contributed by atoms with E-state index in [9.17, 15) is 18.4 Å². The smallest absolute Gasteiger partial charge is 0.407 e. The van der Waals surface area contributed by atoms with Crippen LogP contribution >= 0.6 is 0 Å². The third kappa shape index (κ3) is 6.75. The monoisotopic (exact) mass is 455 g/mol. The molecule has 2 aliphatic heterocycles. The number of hydrogen-bond acceptors (Lipinski definition) is 5. The van der Waals surface area contributed by atoms with Crippen molar-refractivity contribution < 1.29 is 23.5 Å². The summed E-state index contributed by atoms with van der Waals surface area (Å²) < 4.78 is 25.1. The molecular formula is C22H35F2N5O3. The summed E-state index contributed by atoms with van der Waals surface area (Å²) in [4.78, 5) is 26.4. The van der Waals surface area contributed by atoms with Gasteiger partial charge >= 0.3 is 6.09 Å². The molecule has 180 valence electrons. The molecule has 32 heavy (non-hydrogen) atoms. The minimum atomic E-state index is -2.97. The van der Waals surface area contributed by atoms with Gasteiger partial charge in [0.25, 0.3) is 0 Å². The van der Waals surface area contributed by atoms with Crippen LogP contribution in [-0.2, 0) is 4.79 Å². The van der Waals surface area contributed by atoms with Gasteiger partial charge in [-0.15, -0.1) is 0 Å². The van der Waals surface area contributed by atoms with E-state index in [2.05, 4.69) is 10.2 Å². The molecule has 4 N–H and O–H groups in total. The lowest BCUT2D eigenvalue weighted by Gasteiger charge is -2.46. The highest BCUT2D eigenvalue weighted by Crippen LogP contribution is 2.43. The second-order valence-corrected chi connectivity index (χ2v) is 10.1. The quantitative estimate of drug-likeness (QED) is 0.586. The molecule has 4 aliphatic rings. The fourth-order valence-electron chi connectivity index (χ4n) is 4.67. The number of piperidine rings is 2. The van der Waals surface area contributed by atoms with Crippen LogP contribution in [0, 0.1) is 16.7 Å². The molecule has 4 fully saturated rings. The van der Waals surface area contributed by atoms with E-state index in [-0.39, 0.29) is 0 Å². The molecule has 2 heterocycles. The predicted octanol–water partition coefficient (Wildman–Crippen LogP) is 2.54. The molecule has 2 saturated heterocycles. The van der Waals surface area contributed by atoms with Crippen LogP contribution in [-0.4, -0.2) is 76.6 Å². The number of hydrogen-bond donors (Lipinski definition) is 3. The number of nitriles is 1. The summed E-state index contributed by atoms with van der Waals surface area (Å²) in [5.41, 5.74) is 4.91. The van der Waals surface area contributed by atoms with Crippen molar-refractivity contribution >= 4 is 12.0 Å². The van der Waals surface area contributed by atoms with E-state index in [1.165, 1.54) is 38.8 Å². The molecule has 8 nitrogen and oxygen atoms in total. The summed E-state index contributed by atoms with van der Waals surface area (Å²) in [7, 11) is 0. The summed E-state index contributed by atoms with van der Waals surface area (Å²) >= 11 is 0. The van der Waals surface area contributed by atoms with Crippen LogP contribution in [0.15, 0.2) is 0 Å². The van der Waals surface area contributed by atoms with E-state index in [0.717, 1.165) is 32.0 Å². The Morgan fingerprint density at radius 3 is 2.09 bits per heavy atom. The third-order valence-corrected chi connectivity index (χ3v) is 7.26. The highest BCUT2D eigenvalue weighted by atomic mass is 19.3. The van der Waals surface area contributed by atoms with Crippen molar-refractivity contribution in [3.05, 3.63) is 0 Å². The topological polar surface area (TPSA) is 123 Å². The molecule has 10 heteroatoms. The number of carbonyl (C=O) groups excluding carboxylic acids is 1. The lowest BCUT2D eigenvalue weighted by molar-refractivity contribution is -0.125. The van der Waals surface area contributed by atoms with Gasteiger partial charge in [-0.3, -0.25) is 4.79 Å². The zero-order valence-electron chi connectivity index (χ0n) is 18.8. The van der Waals surface area contributed by atoms with Crippen LogP contribution in [0.5, 0.6) is 0 Å². The molecule has 1 spiro atoms. The van der Waals surface area contributed by atoms with E-state index < -0.39 is 35.9 Å². The average molecular weight is 456 g/mol. The number of nitrogens with one attached hydrogen (secondary N) is 1. The normalized spacial score (nSPS) is 25.2. The molecule has 1 atom stereocenters. The van der Waals surface area contributed by atoms with Crippen LogP contribution in [0.1, 0.15) is 64.7 Å². The maximum absolute atomic E-state index is 12.5. The standard InChI is InChI=1S/C13H22N2O2.C9H13F2N3O/c16-12(17)15-9-5-13(6-10-15)3-7-14(8-4-13)11-1-2-11;1-8(10,11)4-6(13)7(15)14-9(5-12)2-3-9/h11H,1-10H2,(H,16,17);6H,2-4,13H2,1H3,(H,14,15)/t;6-/m.0/s1. The maximum Gasteiger partial charge on any atom is 0.407 e. The number of rotatable bonds is 5. The predicted molar refractivity (Wildman–Crippen MR) is 114 cm³/mol. The largest absolute Gasteiger partial charge is 0.465 e. The minimum Gasteiger partial charge on any atom is -0.465 e. The first-order chi connectivity index (χ1) is 15.0. The van der Waals surface area contributed by atoms with E-state index in [1.807, 2.05) is 6.07 Å². The Balaban J connectivity index is 0.000000183. The number of nitrogens with two attached hydrogens (primary N) is 1. The van der Waals surface area contributed by atoms with Gasteiger partial charge in [0.1, 0.15) is 5.54 Å². The number of amides is 2. The van der Waals surface area contributed by atoms with Crippen LogP contribution in [0.2, 0.25) is 0 Å². The van der Waals surface area contributed by atoms with Crippen LogP contribution in [0.25, 0.3) is 0 Å². The van der Waals surface area contributed by atoms with E-state index >= 15 is 0 Å². The fourth-order valence-corrected chi connectivity index (χ4v) is 4.67. The highest BCUT2D eigenvalue weighted by molar-refractivity contribution is 5.83. The Morgan fingerprint density at radius 2 is 1.69 bits per heavy atom. The van der Waals surface area contributed by atoms with Gasteiger partial charge in [-0.05, 0) is 76.8 Å². The molecule has 0 radical (unpaired) electrons. The molecular weight excluding hydrogens is 420 g/mol. The second kappa shape index (κ2) is 9.48. The summed E-state index contributed by atoms with van der Waals surface area (Å²) in [6.45, 7) is 4.70. The Labute approximate surface area is 188 Å². The maximum atomic E-state index is 12.5. The highest BCUT2D eigenvalue weighted by Gasteiger charge is 2.46. The zero-order chi connectivity index (χ0) is 23.6. The van der Waals surface area contributed by atoms with Crippen molar-refractivity contribution in [1.82, 2.24) is 15.1 Å². The van der Waals surface area contributed by atoms with Crippen molar-refractivity contribution in [3.8, 4) is 6.07 Å². The Bertz CT molecular complexity index is 725. The van der Waals surface area contributed by atoms with Gasteiger partial charge < -0.3 is 26.0 Å². The number of alkyl halides is 2. The molecule has 2 aliphatic carbocycles. The van der Waals surface area contributed by atoms with Gasteiger partial charge in [-0.1, -0.05) is 0 Å². The van der Waals surface area contributed by atoms with Crippen LogP contribution < -0.4 is 11.1 Å². The molecule has 4 rings (SSSR count). The molecule has 2 saturated carbocycles. The summed E-state index contributed by atoms with van der Waals surface area (Å²) in [6.07, 6.45) is 7.22. The number of carboxylic acid groups (broad SMARTS) is 1. The summed E-state index contributed by atoms with van der Waals surface area (Å²) in [5.74, 6) is -3.66. The van der Waals surface area contributed by atoms with Gasteiger partial charge in [0.2, 0.25) is 11.8 Å². The minimum absolute atomic E-state index is 0.470. The van der Waals surface area contributed by atoms with E-state index in [4.69, 9.17) is 16.1 Å². The van der Waals surface area contributed by atoms with Gasteiger partial charge in [-0.25, -0.2) is 13.6 Å². The molecule has 0 bridgehead atoms. The molecule has 0 aromatic rings. The first-order valence-corrected chi connectivity index (χ1v) is 11.6. The van der Waals surface area contributed by atoms with Gasteiger partial charge in [0.05, 0.1) is 12.1 Å². The van der Waals surface area contributed by atoms with Gasteiger partial charge in [-0.2, -0.15) is 5.26 Å². The second-order valence-electron chi connectivity index (χ2n) is 10.1. The molecule has 0 unspecified atom stereocenters.